The van der Waals surface area contributed by atoms with Gasteiger partial charge in [0, 0.05) is 53.9 Å². The van der Waals surface area contributed by atoms with Gasteiger partial charge in [-0.1, -0.05) is 0 Å². The fourth-order valence-electron chi connectivity index (χ4n) is 0. The minimum Gasteiger partial charge on any atom is -0.803 e. The van der Waals surface area contributed by atoms with Crippen LogP contribution < -0.4 is 29.4 Å². The van der Waals surface area contributed by atoms with E-state index in [9.17, 15) is 43.1 Å². The number of rotatable bonds is 3. The first kappa shape index (κ1) is 29.9. The number of carboxylic acid groups (broad SMARTS) is 3. The average Bonchev–Trinajstić information content (AvgIpc) is 2.14. The molecule has 22 heavy (non-hydrogen) atoms. The zero-order valence-electron chi connectivity index (χ0n) is 9.58. The zero-order chi connectivity index (χ0) is 18.2. The Hall–Kier alpha value is -0.0881. The van der Waals surface area contributed by atoms with E-state index < -0.39 is 39.9 Å². The maximum Gasteiger partial charge on any atom is 0.332 e. The summed E-state index contributed by atoms with van der Waals surface area (Å²) in [5.74, 6) is 0. The SMILES string of the molecule is O=C(O)P(=O)([O-])[O-].O=C(O)P(=O)([O-])[O-].O=C(O)P(=O)([O-])[O-].[U]. The molecule has 0 atom stereocenters. The quantitative estimate of drug-likeness (QED) is 0.255. The van der Waals surface area contributed by atoms with Crippen LogP contribution in [0.25, 0.3) is 0 Å². The van der Waals surface area contributed by atoms with Crippen molar-refractivity contribution in [3.05, 3.63) is 0 Å². The molecule has 0 aromatic carbocycles. The van der Waals surface area contributed by atoms with Crippen LogP contribution in [0.3, 0.4) is 0 Å². The summed E-state index contributed by atoms with van der Waals surface area (Å²) in [4.78, 5) is 82.6. The Bertz CT molecular complexity index is 442. The van der Waals surface area contributed by atoms with Crippen LogP contribution in [0.15, 0.2) is 0 Å². The summed E-state index contributed by atoms with van der Waals surface area (Å²) in [5, 5.41) is 22.1. The molecule has 0 aromatic heterocycles. The van der Waals surface area contributed by atoms with E-state index in [0.29, 0.717) is 0 Å². The summed E-state index contributed by atoms with van der Waals surface area (Å²) >= 11 is 0. The van der Waals surface area contributed by atoms with Gasteiger partial charge in [-0.25, -0.2) is 14.4 Å². The molecule has 0 aliphatic rings. The maximum atomic E-state index is 9.20. The fourth-order valence-corrected chi connectivity index (χ4v) is 0. The van der Waals surface area contributed by atoms with Crippen LogP contribution in [0.1, 0.15) is 0 Å². The van der Waals surface area contributed by atoms with E-state index in [1.807, 2.05) is 0 Å². The normalized spacial score (nSPS) is 10.6. The van der Waals surface area contributed by atoms with E-state index in [1.165, 1.54) is 0 Å². The minimum absolute atomic E-state index is 0. The first-order chi connectivity index (χ1) is 8.83. The van der Waals surface area contributed by atoms with Crippen LogP contribution >= 0.6 is 22.8 Å². The smallest absolute Gasteiger partial charge is 0.332 e. The van der Waals surface area contributed by atoms with Crippen LogP contribution in [-0.2, 0) is 13.7 Å². The van der Waals surface area contributed by atoms with Crippen molar-refractivity contribution in [2.75, 3.05) is 0 Å². The summed E-state index contributed by atoms with van der Waals surface area (Å²) in [6.07, 6.45) is 0. The molecule has 130 valence electrons. The second kappa shape index (κ2) is 11.4. The summed E-state index contributed by atoms with van der Waals surface area (Å²) in [5.41, 5.74) is -6.94. The molecule has 19 heteroatoms. The first-order valence-electron chi connectivity index (χ1n) is 3.60. The number of carbonyl (C=O) groups is 3. The van der Waals surface area contributed by atoms with Gasteiger partial charge in [-0.05, 0) is 0 Å². The number of hydrogen-bond donors (Lipinski definition) is 3. The van der Waals surface area contributed by atoms with Gasteiger partial charge in [0.05, 0.1) is 0 Å². The molecule has 0 saturated heterocycles. The molecule has 0 aliphatic carbocycles. The van der Waals surface area contributed by atoms with Crippen molar-refractivity contribution in [1.29, 1.82) is 0 Å². The van der Waals surface area contributed by atoms with Crippen molar-refractivity contribution in [3.63, 3.8) is 0 Å². The molecule has 0 rings (SSSR count). The van der Waals surface area contributed by atoms with Crippen molar-refractivity contribution in [3.8, 4) is 0 Å². The van der Waals surface area contributed by atoms with Gasteiger partial charge in [-0.2, -0.15) is 0 Å². The van der Waals surface area contributed by atoms with Gasteiger partial charge in [0.1, 0.15) is 0 Å². The van der Waals surface area contributed by atoms with Crippen molar-refractivity contribution in [2.45, 2.75) is 0 Å². The van der Waals surface area contributed by atoms with E-state index in [0.717, 1.165) is 0 Å². The summed E-state index contributed by atoms with van der Waals surface area (Å²) < 4.78 is 27.6. The van der Waals surface area contributed by atoms with Crippen molar-refractivity contribution >= 4 is 39.9 Å². The molecule has 0 spiro atoms. The van der Waals surface area contributed by atoms with Gasteiger partial charge in [0.2, 0.25) is 0 Å². The minimum atomic E-state index is -5.32. The molecule has 0 heterocycles. The van der Waals surface area contributed by atoms with E-state index >= 15 is 0 Å². The Morgan fingerprint density at radius 3 is 0.591 bits per heavy atom. The van der Waals surface area contributed by atoms with Crippen molar-refractivity contribution in [1.82, 2.24) is 0 Å². The van der Waals surface area contributed by atoms with Gasteiger partial charge >= 0.3 is 17.1 Å². The molecule has 3 N–H and O–H groups in total. The maximum absolute atomic E-state index is 9.20. The first-order valence-corrected chi connectivity index (χ1v) is 8.23. The largest absolute Gasteiger partial charge is 0.803 e. The molecule has 15 nitrogen and oxygen atoms in total. The Labute approximate surface area is 143 Å². The Morgan fingerprint density at radius 1 is 0.545 bits per heavy atom. The molecule has 0 amide bonds. The van der Waals surface area contributed by atoms with Crippen LogP contribution in [0.4, 0.5) is 14.4 Å². The van der Waals surface area contributed by atoms with Gasteiger partial charge in [-0.3, -0.25) is 0 Å². The van der Waals surface area contributed by atoms with Crippen LogP contribution in [-0.4, -0.2) is 32.5 Å². The number of hydrogen-bond acceptors (Lipinski definition) is 12. The van der Waals surface area contributed by atoms with E-state index in [-0.39, 0.29) is 31.1 Å². The second-order valence-electron chi connectivity index (χ2n) is 2.34. The van der Waals surface area contributed by atoms with Gasteiger partial charge in [0.15, 0.2) is 0 Å². The summed E-state index contributed by atoms with van der Waals surface area (Å²) in [7, 11) is -16.0. The third-order valence-electron chi connectivity index (χ3n) is 0.703. The molecule has 0 radical (unpaired) electrons. The van der Waals surface area contributed by atoms with Gasteiger partial charge in [0.25, 0.3) is 0 Å². The Kier molecular flexibility index (Phi) is 15.5. The standard InChI is InChI=1S/3CH3O5P.U/c3*2-1(3)7(4,5)6;/h3*(H,2,3)(H2,4,5,6);/p-6. The molecular weight excluding hydrogens is 607 g/mol. The molecule has 0 bridgehead atoms. The third kappa shape index (κ3) is 22.2. The van der Waals surface area contributed by atoms with Crippen LogP contribution in [0, 0.1) is 31.1 Å². The third-order valence-corrected chi connectivity index (χ3v) is 2.11. The predicted molar refractivity (Wildman–Crippen MR) is 46.9 cm³/mol. The Balaban J connectivity index is -0.000000108. The average molecular weight is 610 g/mol. The van der Waals surface area contributed by atoms with Crippen LogP contribution in [0.2, 0.25) is 0 Å². The molecule has 0 aromatic rings. The van der Waals surface area contributed by atoms with E-state index in [4.69, 9.17) is 29.7 Å². The molecule has 0 aliphatic heterocycles. The zero-order valence-corrected chi connectivity index (χ0v) is 16.4. The van der Waals surface area contributed by atoms with E-state index in [1.54, 1.807) is 0 Å². The monoisotopic (exact) mass is 610 g/mol. The topological polar surface area (TPSA) is 301 Å². The molecule has 0 unspecified atom stereocenters. The van der Waals surface area contributed by atoms with Gasteiger partial charge in [-0.15, -0.1) is 0 Å². The molecular formula is C3H3O15P3U-6. The van der Waals surface area contributed by atoms with Crippen LogP contribution in [0.5, 0.6) is 0 Å². The summed E-state index contributed by atoms with van der Waals surface area (Å²) in [6.45, 7) is 0. The Morgan fingerprint density at radius 2 is 0.591 bits per heavy atom. The molecule has 0 saturated carbocycles. The predicted octanol–water partition coefficient (Wildman–Crippen LogP) is -4.27. The van der Waals surface area contributed by atoms with E-state index in [2.05, 4.69) is 0 Å². The summed E-state index contributed by atoms with van der Waals surface area (Å²) in [6, 6.07) is 0. The van der Waals surface area contributed by atoms with Crippen molar-refractivity contribution < 1.29 is 104 Å². The van der Waals surface area contributed by atoms with Gasteiger partial charge < -0.3 is 58.4 Å². The second-order valence-corrected chi connectivity index (χ2v) is 6.47. The molecule has 0 fully saturated rings. The van der Waals surface area contributed by atoms with Crippen molar-refractivity contribution in [2.24, 2.45) is 0 Å². The fraction of sp³-hybridized carbons (Fsp3) is 0.